The van der Waals surface area contributed by atoms with Crippen LogP contribution in [0.2, 0.25) is 5.02 Å². The molecule has 5 aromatic carbocycles. The van der Waals surface area contributed by atoms with E-state index in [4.69, 9.17) is 22.4 Å². The number of carbonyl (C=O) groups excluding carboxylic acids is 2. The summed E-state index contributed by atoms with van der Waals surface area (Å²) in [5, 5.41) is 32.2. The first-order valence-corrected chi connectivity index (χ1v) is 32.5. The topological polar surface area (TPSA) is 287 Å². The molecule has 8 aromatic rings. The predicted octanol–water partition coefficient (Wildman–Crippen LogP) is 12.3. The molecule has 3 aromatic heterocycles. The molecule has 95 heavy (non-hydrogen) atoms. The molecule has 4 atom stereocenters. The maximum Gasteiger partial charge on any atom is 0.433 e. The van der Waals surface area contributed by atoms with E-state index < -0.39 is 103 Å². The highest BCUT2D eigenvalue weighted by Gasteiger charge is 2.37. The van der Waals surface area contributed by atoms with Crippen molar-refractivity contribution in [3.8, 4) is 0 Å². The Kier molecular flexibility index (Phi) is 22.4. The number of pyridine rings is 3. The second kappa shape index (κ2) is 28.8. The molecule has 8 N–H and O–H groups in total. The van der Waals surface area contributed by atoms with Crippen LogP contribution in [0.25, 0.3) is 32.7 Å². The SMILES string of the molecule is CC(=O)c1ccc2nc(C(F)(F)F)cc(Cl)c2c1.Cc1cc([C@@H](C)N)c(F)cc1NS(C)(=O)=O.Cc1cc([C@@H](C)NC(=O)c2ccc3nc(C(F)(F)F)cc(N4CC[C@H](O)C4)c3c2)c(F)cc1NS(C)(=O)=O.O=C(O)c1ccc2nc(C(F)(F)F)cc(N3CC[C@H](O)C3)c2c1. The highest BCUT2D eigenvalue weighted by molar-refractivity contribution is 7.92. The van der Waals surface area contributed by atoms with Crippen molar-refractivity contribution in [2.75, 3.05) is 57.9 Å². The van der Waals surface area contributed by atoms with Crippen LogP contribution in [0.3, 0.4) is 0 Å². The third-order valence-corrected chi connectivity index (χ3v) is 16.2. The zero-order chi connectivity index (χ0) is 70.8. The molecule has 1 amide bonds. The first-order chi connectivity index (χ1) is 43.9. The van der Waals surface area contributed by atoms with Gasteiger partial charge < -0.3 is 36.2 Å². The highest BCUT2D eigenvalue weighted by Crippen LogP contribution is 2.39. The average molecular weight is 1400 g/mol. The molecule has 5 heterocycles. The number of aromatic nitrogens is 3. The Morgan fingerprint density at radius 3 is 1.36 bits per heavy atom. The van der Waals surface area contributed by atoms with E-state index in [1.54, 1.807) is 43.6 Å². The number of benzene rings is 5. The van der Waals surface area contributed by atoms with Crippen LogP contribution in [-0.4, -0.2) is 116 Å². The molecule has 2 aliphatic rings. The summed E-state index contributed by atoms with van der Waals surface area (Å²) in [6.45, 7) is 8.96. The number of anilines is 4. The number of hydrogen-bond donors (Lipinski definition) is 7. The van der Waals surface area contributed by atoms with Gasteiger partial charge in [0, 0.05) is 82.0 Å². The predicted molar refractivity (Wildman–Crippen MR) is 336 cm³/mol. The molecule has 2 saturated heterocycles. The molecule has 0 radical (unpaired) electrons. The van der Waals surface area contributed by atoms with Crippen molar-refractivity contribution in [3.63, 3.8) is 0 Å². The van der Waals surface area contributed by atoms with E-state index in [0.29, 0.717) is 64.3 Å². The minimum absolute atomic E-state index is 0.0277. The molecule has 0 unspecified atom stereocenters. The Bertz CT molecular complexity index is 4510. The molecule has 0 saturated carbocycles. The molecular weight excluding hydrogens is 1340 g/mol. The third-order valence-electron chi connectivity index (χ3n) is 14.7. The smallest absolute Gasteiger partial charge is 0.433 e. The summed E-state index contributed by atoms with van der Waals surface area (Å²) in [6, 6.07) is 18.6. The summed E-state index contributed by atoms with van der Waals surface area (Å²) >= 11 is 5.79. The molecule has 2 aliphatic heterocycles. The molecule has 0 aliphatic carbocycles. The van der Waals surface area contributed by atoms with Gasteiger partial charge in [0.25, 0.3) is 5.91 Å². The van der Waals surface area contributed by atoms with Gasteiger partial charge in [0.2, 0.25) is 20.0 Å². The number of carbonyl (C=O) groups is 3. The van der Waals surface area contributed by atoms with Gasteiger partial charge >= 0.3 is 24.5 Å². The molecule has 33 heteroatoms. The zero-order valence-corrected chi connectivity index (χ0v) is 53.5. The van der Waals surface area contributed by atoms with Gasteiger partial charge in [0.05, 0.1) is 69.3 Å². The van der Waals surface area contributed by atoms with Crippen molar-refractivity contribution in [2.45, 2.75) is 90.3 Å². The van der Waals surface area contributed by atoms with E-state index in [-0.39, 0.29) is 79.9 Å². The summed E-state index contributed by atoms with van der Waals surface area (Å²) in [5.74, 6) is -3.19. The molecular formula is C62H61ClF11N9O10S2. The molecule has 0 bridgehead atoms. The van der Waals surface area contributed by atoms with Gasteiger partial charge in [-0.2, -0.15) is 39.5 Å². The Morgan fingerprint density at radius 2 is 0.968 bits per heavy atom. The first kappa shape index (κ1) is 73.8. The minimum Gasteiger partial charge on any atom is -0.478 e. The molecule has 510 valence electrons. The summed E-state index contributed by atoms with van der Waals surface area (Å²) < 4.78 is 195. The van der Waals surface area contributed by atoms with E-state index in [2.05, 4.69) is 29.7 Å². The van der Waals surface area contributed by atoms with E-state index in [0.717, 1.165) is 42.8 Å². The number of carboxylic acids is 1. The third kappa shape index (κ3) is 19.1. The zero-order valence-electron chi connectivity index (χ0n) is 51.2. The average Bonchev–Trinajstić information content (AvgIpc) is 1.70. The van der Waals surface area contributed by atoms with Crippen molar-refractivity contribution in [1.29, 1.82) is 0 Å². The number of nitrogens with zero attached hydrogens (tertiary/aromatic N) is 5. The van der Waals surface area contributed by atoms with Crippen molar-refractivity contribution < 1.29 is 94.8 Å². The lowest BCUT2D eigenvalue weighted by Crippen LogP contribution is -2.27. The molecule has 0 spiro atoms. The normalized spacial score (nSPS) is 15.9. The van der Waals surface area contributed by atoms with E-state index in [9.17, 15) is 89.7 Å². The number of aliphatic hydroxyl groups is 2. The van der Waals surface area contributed by atoms with Gasteiger partial charge in [-0.1, -0.05) is 11.6 Å². The Balaban J connectivity index is 0.000000191. The summed E-state index contributed by atoms with van der Waals surface area (Å²) in [4.78, 5) is 49.4. The van der Waals surface area contributed by atoms with Crippen LogP contribution in [0, 0.1) is 25.5 Å². The number of fused-ring (bicyclic) bond motifs is 3. The number of aliphatic hydroxyl groups excluding tert-OH is 2. The number of alkyl halides is 9. The van der Waals surface area contributed by atoms with Crippen LogP contribution in [0.5, 0.6) is 0 Å². The molecule has 10 rings (SSSR count). The van der Waals surface area contributed by atoms with Gasteiger partial charge in [0.15, 0.2) is 5.78 Å². The van der Waals surface area contributed by atoms with Gasteiger partial charge in [0.1, 0.15) is 28.7 Å². The van der Waals surface area contributed by atoms with Crippen LogP contribution in [-0.2, 0) is 38.6 Å². The second-order valence-corrected chi connectivity index (χ2v) is 26.4. The van der Waals surface area contributed by atoms with E-state index in [1.165, 1.54) is 67.6 Å². The summed E-state index contributed by atoms with van der Waals surface area (Å²) in [6.07, 6.45) is -12.3. The fourth-order valence-corrected chi connectivity index (χ4v) is 11.5. The lowest BCUT2D eigenvalue weighted by Gasteiger charge is -2.22. The van der Waals surface area contributed by atoms with Crippen molar-refractivity contribution in [2.24, 2.45) is 5.73 Å². The monoisotopic (exact) mass is 1400 g/mol. The maximum atomic E-state index is 14.8. The van der Waals surface area contributed by atoms with Gasteiger partial charge in [-0.25, -0.2) is 45.4 Å². The standard InChI is InChI=1S/C25H26F4N4O4S.C15H13F3N2O3.C12H7ClF3NO.C10H15FN2O2S/c1-13-8-17(19(26)10-21(13)32-38(3,36)37)14(2)30-24(35)15-4-5-20-18(9-15)22(33-7-6-16(34)12-33)11-23(31-20)25(27,28)29;16-15(17,18)13-6-12(20-4-3-9(21)7-20)10-5-8(14(22)23)1-2-11(10)19-13;1-6(18)7-2-3-10-8(4-7)9(13)5-11(17-10)12(14,15)16;1-6-4-8(7(2)12)9(11)5-10(6)13-16(3,14)15/h4-5,8-11,14,16,32,34H,6-7,12H2,1-3H3,(H,30,35);1-2,5-6,9,21H,3-4,7H2,(H,22,23);2-5H,1H3;4-5,7,13H,12H2,1-3H3/t14-,16+;9-;;7-/m10.1/s1. The number of sulfonamides is 2. The van der Waals surface area contributed by atoms with Crippen molar-refractivity contribution in [3.05, 3.63) is 170 Å². The number of hydrogen-bond acceptors (Lipinski definition) is 15. The fraction of sp³-hybridized carbons (Fsp3) is 0.323. The summed E-state index contributed by atoms with van der Waals surface area (Å²) in [5.41, 5.74) is 5.46. The van der Waals surface area contributed by atoms with E-state index in [1.807, 2.05) is 0 Å². The number of nitrogens with one attached hydrogen (secondary N) is 3. The molecule has 2 fully saturated rings. The number of carboxylic acid groups (broad SMARTS) is 1. The number of nitrogens with two attached hydrogens (primary N) is 1. The largest absolute Gasteiger partial charge is 0.478 e. The molecule has 19 nitrogen and oxygen atoms in total. The minimum atomic E-state index is -4.68. The number of amides is 1. The van der Waals surface area contributed by atoms with Gasteiger partial charge in [-0.3, -0.25) is 19.0 Å². The van der Waals surface area contributed by atoms with Gasteiger partial charge in [-0.05, 0) is 156 Å². The number of ketones is 1. The number of β-amino-alcohol motifs (C(OH)–C–C–N with tert-alkyl or cyclic N) is 2. The summed E-state index contributed by atoms with van der Waals surface area (Å²) in [7, 11) is -7.02. The van der Waals surface area contributed by atoms with Crippen LogP contribution in [0.4, 0.5) is 71.0 Å². The van der Waals surface area contributed by atoms with Crippen molar-refractivity contribution in [1.82, 2.24) is 20.3 Å². The van der Waals surface area contributed by atoms with E-state index >= 15 is 0 Å². The fourth-order valence-electron chi connectivity index (χ4n) is 10.0. The van der Waals surface area contributed by atoms with Crippen LogP contribution in [0.1, 0.15) is 116 Å². The Morgan fingerprint density at radius 1 is 0.589 bits per heavy atom. The highest BCUT2D eigenvalue weighted by atomic mass is 35.5. The lowest BCUT2D eigenvalue weighted by atomic mass is 10.0. The number of halogens is 12. The Labute approximate surface area is 541 Å². The Hall–Kier alpha value is -8.56. The lowest BCUT2D eigenvalue weighted by molar-refractivity contribution is -0.141. The van der Waals surface area contributed by atoms with Crippen LogP contribution in [0.15, 0.2) is 97.1 Å². The number of rotatable bonds is 12. The number of Topliss-reactive ketones (excluding diaryl/α,β-unsaturated/α-hetero) is 1. The first-order valence-electron chi connectivity index (χ1n) is 28.3. The van der Waals surface area contributed by atoms with Crippen molar-refractivity contribution >= 4 is 105 Å². The van der Waals surface area contributed by atoms with Crippen LogP contribution >= 0.6 is 11.6 Å². The van der Waals surface area contributed by atoms with Crippen LogP contribution < -0.4 is 30.3 Å². The number of aromatic carboxylic acids is 1. The number of aryl methyl sites for hydroxylation is 2. The quantitative estimate of drug-likeness (QED) is 0.0442. The maximum absolute atomic E-state index is 14.8. The second-order valence-electron chi connectivity index (χ2n) is 22.5. The van der Waals surface area contributed by atoms with Gasteiger partial charge in [-0.15, -0.1) is 0 Å².